The van der Waals surface area contributed by atoms with E-state index in [1.807, 2.05) is 80.6 Å². The summed E-state index contributed by atoms with van der Waals surface area (Å²) in [6.45, 7) is 6.83. The zero-order valence-electron chi connectivity index (χ0n) is 18.7. The molecule has 1 N–H and O–H groups in total. The van der Waals surface area contributed by atoms with Gasteiger partial charge < -0.3 is 15.0 Å². The molecule has 6 heteroatoms. The number of urea groups is 1. The summed E-state index contributed by atoms with van der Waals surface area (Å²) in [5, 5.41) is 3.32. The van der Waals surface area contributed by atoms with Gasteiger partial charge in [0.1, 0.15) is 18.2 Å². The third-order valence-electron chi connectivity index (χ3n) is 5.28. The number of aryl methyl sites for hydroxylation is 1. The fraction of sp³-hybridized carbons (Fsp3) is 0.231. The van der Waals surface area contributed by atoms with Crippen molar-refractivity contribution in [2.24, 2.45) is 4.99 Å². The summed E-state index contributed by atoms with van der Waals surface area (Å²) in [6, 6.07) is 25.5. The van der Waals surface area contributed by atoms with Crippen molar-refractivity contribution < 1.29 is 9.53 Å². The molecule has 0 spiro atoms. The monoisotopic (exact) mass is 428 g/mol. The van der Waals surface area contributed by atoms with E-state index < -0.39 is 0 Å². The highest BCUT2D eigenvalue weighted by Gasteiger charge is 2.31. The summed E-state index contributed by atoms with van der Waals surface area (Å²) in [4.78, 5) is 21.3. The predicted molar refractivity (Wildman–Crippen MR) is 128 cm³/mol. The second-order valence-corrected chi connectivity index (χ2v) is 8.11. The Morgan fingerprint density at radius 3 is 2.25 bits per heavy atom. The number of guanidine groups is 1. The van der Waals surface area contributed by atoms with E-state index in [4.69, 9.17) is 4.74 Å². The first-order chi connectivity index (χ1) is 15.5. The first kappa shape index (κ1) is 21.4. The highest BCUT2D eigenvalue weighted by Crippen LogP contribution is 2.24. The number of amides is 2. The van der Waals surface area contributed by atoms with E-state index in [0.29, 0.717) is 19.2 Å². The first-order valence-electron chi connectivity index (χ1n) is 10.8. The number of para-hydroxylation sites is 1. The molecule has 0 fully saturated rings. The van der Waals surface area contributed by atoms with E-state index in [1.165, 1.54) is 5.56 Å². The molecule has 0 aliphatic carbocycles. The fourth-order valence-corrected chi connectivity index (χ4v) is 3.40. The average Bonchev–Trinajstić information content (AvgIpc) is 2.79. The van der Waals surface area contributed by atoms with Crippen molar-refractivity contribution in [1.82, 2.24) is 9.80 Å². The maximum absolute atomic E-state index is 13.2. The molecule has 0 unspecified atom stereocenters. The quantitative estimate of drug-likeness (QED) is 0.535. The standard InChI is InChI=1S/C26H28N4O2/c1-19(2)30-18-27-25(29(26(30)31)17-21-11-9-20(3)10-12-21)28-22-13-15-24(16-14-22)32-23-7-5-4-6-8-23/h4-16,19H,17-18H2,1-3H3,(H,27,28). The second-order valence-electron chi connectivity index (χ2n) is 8.11. The molecular formula is C26H28N4O2. The predicted octanol–water partition coefficient (Wildman–Crippen LogP) is 5.86. The fourth-order valence-electron chi connectivity index (χ4n) is 3.40. The summed E-state index contributed by atoms with van der Waals surface area (Å²) in [5.74, 6) is 2.07. The number of nitrogens with zero attached hydrogens (tertiary/aromatic N) is 3. The number of hydrogen-bond donors (Lipinski definition) is 1. The number of carbonyl (C=O) groups is 1. The van der Waals surface area contributed by atoms with Gasteiger partial charge in [0.15, 0.2) is 0 Å². The molecule has 0 bridgehead atoms. The van der Waals surface area contributed by atoms with E-state index in [-0.39, 0.29) is 12.1 Å². The third kappa shape index (κ3) is 5.09. The molecule has 2 amide bonds. The van der Waals surface area contributed by atoms with Gasteiger partial charge in [-0.15, -0.1) is 0 Å². The molecule has 0 radical (unpaired) electrons. The molecule has 6 nitrogen and oxygen atoms in total. The van der Waals surface area contributed by atoms with Crippen LogP contribution in [0.3, 0.4) is 0 Å². The maximum atomic E-state index is 13.2. The van der Waals surface area contributed by atoms with Crippen LogP contribution in [-0.4, -0.2) is 34.5 Å². The van der Waals surface area contributed by atoms with Crippen LogP contribution in [0.1, 0.15) is 25.0 Å². The molecular weight excluding hydrogens is 400 g/mol. The lowest BCUT2D eigenvalue weighted by Crippen LogP contribution is -2.54. The van der Waals surface area contributed by atoms with Crippen molar-refractivity contribution in [2.75, 3.05) is 12.0 Å². The Morgan fingerprint density at radius 1 is 0.938 bits per heavy atom. The lowest BCUT2D eigenvalue weighted by molar-refractivity contribution is 0.154. The van der Waals surface area contributed by atoms with Gasteiger partial charge in [-0.3, -0.25) is 4.90 Å². The lowest BCUT2D eigenvalue weighted by atomic mass is 10.1. The minimum absolute atomic E-state index is 0.0536. The topological polar surface area (TPSA) is 57.2 Å². The smallest absolute Gasteiger partial charge is 0.328 e. The van der Waals surface area contributed by atoms with Crippen LogP contribution in [0, 0.1) is 6.92 Å². The van der Waals surface area contributed by atoms with E-state index in [2.05, 4.69) is 29.4 Å². The molecule has 0 aromatic heterocycles. The van der Waals surface area contributed by atoms with Gasteiger partial charge in [0.2, 0.25) is 5.96 Å². The summed E-state index contributed by atoms with van der Waals surface area (Å²) in [5.41, 5.74) is 3.08. The minimum atomic E-state index is -0.0536. The number of anilines is 1. The Morgan fingerprint density at radius 2 is 1.59 bits per heavy atom. The maximum Gasteiger partial charge on any atom is 0.328 e. The van der Waals surface area contributed by atoms with Crippen LogP contribution < -0.4 is 10.1 Å². The summed E-state index contributed by atoms with van der Waals surface area (Å²) in [7, 11) is 0. The molecule has 0 atom stereocenters. The number of carbonyl (C=O) groups excluding carboxylic acids is 1. The summed E-state index contributed by atoms with van der Waals surface area (Å²) < 4.78 is 5.86. The van der Waals surface area contributed by atoms with Crippen molar-refractivity contribution in [3.8, 4) is 11.5 Å². The van der Waals surface area contributed by atoms with Crippen molar-refractivity contribution in [3.05, 3.63) is 90.0 Å². The largest absolute Gasteiger partial charge is 0.457 e. The third-order valence-corrected chi connectivity index (χ3v) is 5.28. The van der Waals surface area contributed by atoms with Crippen molar-refractivity contribution in [1.29, 1.82) is 0 Å². The summed E-state index contributed by atoms with van der Waals surface area (Å²) in [6.07, 6.45) is 0. The van der Waals surface area contributed by atoms with Crippen LogP contribution in [0.2, 0.25) is 0 Å². The van der Waals surface area contributed by atoms with Gasteiger partial charge in [-0.2, -0.15) is 0 Å². The first-order valence-corrected chi connectivity index (χ1v) is 10.8. The van der Waals surface area contributed by atoms with Crippen LogP contribution in [0.25, 0.3) is 0 Å². The number of ether oxygens (including phenoxy) is 1. The molecule has 0 saturated heterocycles. The number of aliphatic imine (C=N–C) groups is 1. The average molecular weight is 429 g/mol. The Balaban J connectivity index is 1.51. The molecule has 164 valence electrons. The highest BCUT2D eigenvalue weighted by molar-refractivity contribution is 6.05. The van der Waals surface area contributed by atoms with Crippen LogP contribution in [0.5, 0.6) is 11.5 Å². The Bertz CT molecular complexity index is 1080. The minimum Gasteiger partial charge on any atom is -0.457 e. The Kier molecular flexibility index (Phi) is 6.40. The summed E-state index contributed by atoms with van der Waals surface area (Å²) >= 11 is 0. The Hall–Kier alpha value is -3.80. The van der Waals surface area contributed by atoms with Gasteiger partial charge >= 0.3 is 6.03 Å². The number of nitrogens with one attached hydrogen (secondary N) is 1. The van der Waals surface area contributed by atoms with Crippen LogP contribution in [0.4, 0.5) is 10.5 Å². The van der Waals surface area contributed by atoms with Crippen LogP contribution in [0.15, 0.2) is 83.9 Å². The molecule has 3 aromatic carbocycles. The molecule has 4 rings (SSSR count). The molecule has 1 heterocycles. The van der Waals surface area contributed by atoms with Crippen LogP contribution in [-0.2, 0) is 6.54 Å². The van der Waals surface area contributed by atoms with Gasteiger partial charge in [-0.05, 0) is 62.7 Å². The number of rotatable bonds is 6. The van der Waals surface area contributed by atoms with E-state index in [1.54, 1.807) is 9.80 Å². The normalized spacial score (nSPS) is 13.9. The second kappa shape index (κ2) is 9.56. The van der Waals surface area contributed by atoms with Gasteiger partial charge in [0.25, 0.3) is 0 Å². The van der Waals surface area contributed by atoms with Crippen molar-refractivity contribution in [2.45, 2.75) is 33.4 Å². The highest BCUT2D eigenvalue weighted by atomic mass is 16.5. The molecule has 1 aliphatic rings. The lowest BCUT2D eigenvalue weighted by Gasteiger charge is -2.37. The van der Waals surface area contributed by atoms with E-state index in [9.17, 15) is 4.79 Å². The zero-order valence-corrected chi connectivity index (χ0v) is 18.7. The van der Waals surface area contributed by atoms with Gasteiger partial charge in [0, 0.05) is 11.7 Å². The van der Waals surface area contributed by atoms with Gasteiger partial charge in [-0.25, -0.2) is 9.79 Å². The number of hydrogen-bond acceptors (Lipinski definition) is 4. The Labute approximate surface area is 189 Å². The van der Waals surface area contributed by atoms with Crippen molar-refractivity contribution in [3.63, 3.8) is 0 Å². The molecule has 1 aliphatic heterocycles. The van der Waals surface area contributed by atoms with Crippen LogP contribution >= 0.6 is 0 Å². The van der Waals surface area contributed by atoms with Gasteiger partial charge in [0.05, 0.1) is 6.54 Å². The zero-order chi connectivity index (χ0) is 22.5. The molecule has 0 saturated carbocycles. The van der Waals surface area contributed by atoms with Gasteiger partial charge in [-0.1, -0.05) is 48.0 Å². The number of benzene rings is 3. The molecule has 32 heavy (non-hydrogen) atoms. The SMILES string of the molecule is Cc1ccc(CN2C(=O)N(C(C)C)CN=C2Nc2ccc(Oc3ccccc3)cc2)cc1. The van der Waals surface area contributed by atoms with E-state index >= 15 is 0 Å². The van der Waals surface area contributed by atoms with Crippen molar-refractivity contribution >= 4 is 17.7 Å². The van der Waals surface area contributed by atoms with E-state index in [0.717, 1.165) is 22.7 Å². The molecule has 3 aromatic rings.